The molecule has 11 aliphatic carbocycles. The van der Waals surface area contributed by atoms with Crippen molar-refractivity contribution >= 4 is 60.0 Å². The number of fused-ring (bicyclic) bond motifs is 13. The number of esters is 1. The first-order valence-electron chi connectivity index (χ1n) is 34.1. The predicted molar refractivity (Wildman–Crippen MR) is 337 cm³/mol. The number of hydrogen-bond acceptors (Lipinski definition) is 14. The van der Waals surface area contributed by atoms with Crippen molar-refractivity contribution < 1.29 is 54.4 Å². The van der Waals surface area contributed by atoms with Crippen LogP contribution in [-0.2, 0) is 31.0 Å². The van der Waals surface area contributed by atoms with E-state index in [0.717, 1.165) is 129 Å². The number of phenolic OH excluding ortho intramolecular Hbond substituents is 1. The van der Waals surface area contributed by atoms with Crippen LogP contribution >= 0.6 is 21.6 Å². The van der Waals surface area contributed by atoms with Crippen molar-refractivity contribution in [2.75, 3.05) is 25.7 Å². The van der Waals surface area contributed by atoms with Gasteiger partial charge in [-0.25, -0.2) is 4.79 Å². The molecule has 15 heteroatoms. The summed E-state index contributed by atoms with van der Waals surface area (Å²) in [5.74, 6) is -0.776. The molecule has 5 aromatic rings. The minimum absolute atomic E-state index is 0.00813. The Labute approximate surface area is 522 Å². The summed E-state index contributed by atoms with van der Waals surface area (Å²) in [7, 11) is 7.71. The number of benzene rings is 4. The number of rotatable bonds is 5. The Morgan fingerprint density at radius 1 is 0.807 bits per heavy atom. The Kier molecular flexibility index (Phi) is 11.9. The maximum Gasteiger partial charge on any atom is 0.343 e. The van der Waals surface area contributed by atoms with Gasteiger partial charge in [-0.05, 0) is 236 Å². The van der Waals surface area contributed by atoms with E-state index in [1.165, 1.54) is 11.1 Å². The first kappa shape index (κ1) is 55.9. The Bertz CT molecular complexity index is 3790. The summed E-state index contributed by atoms with van der Waals surface area (Å²) in [6, 6.07) is 22.4. The van der Waals surface area contributed by atoms with Gasteiger partial charge in [-0.15, -0.1) is 0 Å². The number of carbonyl (C=O) groups is 1. The van der Waals surface area contributed by atoms with Crippen LogP contribution in [0.2, 0.25) is 0 Å². The number of phenols is 1. The molecule has 4 aliphatic heterocycles. The number of aromatic amines is 1. The molecule has 13 nitrogen and oxygen atoms in total. The molecule has 4 aromatic carbocycles. The number of hydrogen-bond donors (Lipinski definition) is 8. The molecule has 8 N–H and O–H groups in total. The third kappa shape index (κ3) is 6.45. The smallest absolute Gasteiger partial charge is 0.343 e. The van der Waals surface area contributed by atoms with E-state index in [1.54, 1.807) is 0 Å². The number of aromatic nitrogens is 1. The molecule has 20 rings (SSSR count). The molecule has 24 atom stereocenters. The van der Waals surface area contributed by atoms with Crippen molar-refractivity contribution in [3.8, 4) is 11.5 Å². The second-order valence-corrected chi connectivity index (χ2v) is 34.2. The largest absolute Gasteiger partial charge is 0.508 e. The molecule has 15 aliphatic rings. The van der Waals surface area contributed by atoms with Gasteiger partial charge < -0.3 is 59.9 Å². The van der Waals surface area contributed by atoms with Crippen LogP contribution in [0, 0.1) is 80.3 Å². The zero-order chi connectivity index (χ0) is 59.4. The number of aliphatic hydroxyl groups is 5. The average Bonchev–Trinajstić information content (AvgIpc) is 1.49. The fraction of sp³-hybridized carbons (Fsp3) is 0.658. The van der Waals surface area contributed by atoms with Crippen LogP contribution in [-0.4, -0.2) is 121 Å². The fourth-order valence-corrected chi connectivity index (χ4v) is 29.9. The van der Waals surface area contributed by atoms with Crippen molar-refractivity contribution in [1.29, 1.82) is 0 Å². The Balaban J connectivity index is 0.840. The number of methoxy groups -OCH3 is 1. The number of ether oxygens (including phenoxy) is 4. The first-order valence-corrected chi connectivity index (χ1v) is 36.5. The van der Waals surface area contributed by atoms with Gasteiger partial charge in [0.1, 0.15) is 18.0 Å². The zero-order valence-corrected chi connectivity index (χ0v) is 52.3. The van der Waals surface area contributed by atoms with Crippen LogP contribution in [0.3, 0.4) is 0 Å². The summed E-state index contributed by atoms with van der Waals surface area (Å²) in [6.07, 6.45) is 14.9. The first-order chi connectivity index (χ1) is 42.7. The van der Waals surface area contributed by atoms with E-state index >= 15 is 9.90 Å². The minimum atomic E-state index is -2.69. The quantitative estimate of drug-likeness (QED) is 0.0357. The SMILES string of the molecule is CN[C@H]1CSSC[C@H]2c3cc(O)ccc3[C@]34[C@H](CC[C@]35[C@@H]3O[C@H]6[C@H](C(=O)Oc7c(CO)[nH]c8ccc9cc%10ccccc%10cc9c78)O[C@@]7(O)[C@H](O)[C@]8(C[C@@H]([C@@H]3C[C@H]1[C@@H]5O)[C@@]67O)C1(CCCC1)CC[C@@]81C[C@@H]3C=C[C@@H](OC)[C@@H]5CC[C@]3(C5)C1)C[C@@H]1CC[C@@H]2[C@H]14. The van der Waals surface area contributed by atoms with Gasteiger partial charge in [0, 0.05) is 52.7 Å². The molecule has 6 spiro atoms. The van der Waals surface area contributed by atoms with Crippen molar-refractivity contribution in [2.45, 2.75) is 188 Å². The molecule has 0 unspecified atom stereocenters. The van der Waals surface area contributed by atoms with Crippen molar-refractivity contribution in [1.82, 2.24) is 10.3 Å². The van der Waals surface area contributed by atoms with Crippen molar-refractivity contribution in [3.63, 3.8) is 0 Å². The fourth-order valence-electron chi connectivity index (χ4n) is 27.1. The molecule has 1 aromatic heterocycles. The van der Waals surface area contributed by atoms with Gasteiger partial charge in [-0.1, -0.05) is 83.0 Å². The van der Waals surface area contributed by atoms with Gasteiger partial charge >= 0.3 is 5.97 Å². The van der Waals surface area contributed by atoms with E-state index in [0.29, 0.717) is 53.6 Å². The molecule has 6 bridgehead atoms. The number of aliphatic hydroxyl groups excluding tert-OH is 3. The Hall–Kier alpha value is -3.71. The van der Waals surface area contributed by atoms with Crippen LogP contribution in [0.5, 0.6) is 11.5 Å². The lowest BCUT2D eigenvalue weighted by molar-refractivity contribution is -0.409. The highest BCUT2D eigenvalue weighted by Gasteiger charge is 2.90. The van der Waals surface area contributed by atoms with Crippen molar-refractivity contribution in [2.24, 2.45) is 80.3 Å². The Morgan fingerprint density at radius 3 is 2.44 bits per heavy atom. The predicted octanol–water partition coefficient (Wildman–Crippen LogP) is 11.1. The molecule has 5 heterocycles. The number of allylic oxidation sites excluding steroid dienone is 1. The summed E-state index contributed by atoms with van der Waals surface area (Å²) in [6.45, 7) is -0.466. The summed E-state index contributed by atoms with van der Waals surface area (Å²) in [4.78, 5) is 19.7. The topological polar surface area (TPSA) is 203 Å². The standard InChI is InChI=1S/C73H86N2O11S2/c1-74-55-35-88-87-34-50-45-13-9-40-26-42-18-22-69(71(42,58(40)45)51-14-12-44(77)28-47(50)51)61(78)49(55)29-48-52-32-70(67(19-5-6-20-67)23-24-68(70)31-43-11-16-56(83-2)41-17-21-66(43,30-41)36-68)65(80)73(82)72(52,81)63(85-62(48)69)60(86-73)64(79)84-59-54(33-76)75-53-15-10-39-25-37-7-3-4-8-38(37)27-46(39)57(53)59/h3-4,7-8,10-12,14-16,25,27-28,40-43,45,48-50,52,55-56,58,60-63,65,74-78,80-82H,5-6,9,13,17-24,26,29-36H2,1-2H3/t40-,41+,42+,43-,45-,48-,49+,50+,52-,55-,56+,58-,60+,61-,62+,63-,65+,66-,68-,69-,70+,71-,72+,73-/m0/s1. The van der Waals surface area contributed by atoms with Crippen LogP contribution in [0.1, 0.15) is 138 Å². The third-order valence-corrected chi connectivity index (χ3v) is 32.2. The van der Waals surface area contributed by atoms with Crippen LogP contribution in [0.15, 0.2) is 78.9 Å². The van der Waals surface area contributed by atoms with E-state index in [2.05, 4.69) is 58.9 Å². The third-order valence-electron chi connectivity index (χ3n) is 29.7. The van der Waals surface area contributed by atoms with Gasteiger partial charge in [0.2, 0.25) is 5.79 Å². The van der Waals surface area contributed by atoms with E-state index < -0.39 is 88.0 Å². The van der Waals surface area contributed by atoms with Crippen LogP contribution in [0.4, 0.5) is 0 Å². The highest BCUT2D eigenvalue weighted by molar-refractivity contribution is 8.76. The second-order valence-electron chi connectivity index (χ2n) is 31.6. The van der Waals surface area contributed by atoms with E-state index in [9.17, 15) is 25.5 Å². The van der Waals surface area contributed by atoms with Gasteiger partial charge in [0.25, 0.3) is 0 Å². The zero-order valence-electron chi connectivity index (χ0n) is 50.7. The normalized spacial score (nSPS) is 48.5. The van der Waals surface area contributed by atoms with Gasteiger partial charge in [-0.3, -0.25) is 0 Å². The molecular formula is C73H86N2O11S2. The number of nitrogens with one attached hydrogen (secondary N) is 2. The molecule has 3 saturated heterocycles. The van der Waals surface area contributed by atoms with Gasteiger partial charge in [0.15, 0.2) is 17.5 Å². The molecular weight excluding hydrogens is 1140 g/mol. The maximum absolute atomic E-state index is 16.4. The molecule has 12 fully saturated rings. The maximum atomic E-state index is 16.4. The summed E-state index contributed by atoms with van der Waals surface area (Å²) >= 11 is 0. The van der Waals surface area contributed by atoms with E-state index in [-0.39, 0.29) is 64.1 Å². The lowest BCUT2D eigenvalue weighted by Crippen LogP contribution is -2.82. The van der Waals surface area contributed by atoms with E-state index in [4.69, 9.17) is 18.9 Å². The highest BCUT2D eigenvalue weighted by Crippen LogP contribution is 2.86. The second kappa shape index (κ2) is 18.8. The monoisotopic (exact) mass is 1230 g/mol. The molecule has 0 amide bonds. The summed E-state index contributed by atoms with van der Waals surface area (Å²) in [5.41, 5.74) is -2.15. The molecule has 0 radical (unpaired) electrons. The molecule has 88 heavy (non-hydrogen) atoms. The van der Waals surface area contributed by atoms with Crippen molar-refractivity contribution in [3.05, 3.63) is 95.7 Å². The van der Waals surface area contributed by atoms with E-state index in [1.807, 2.05) is 66.1 Å². The molecule has 9 saturated carbocycles. The van der Waals surface area contributed by atoms with Gasteiger partial charge in [-0.2, -0.15) is 0 Å². The number of carbonyl (C=O) groups excluding carboxylic acids is 1. The number of aromatic hydroxyl groups is 1. The average molecular weight is 1230 g/mol. The lowest BCUT2D eigenvalue weighted by Gasteiger charge is -2.72. The lowest BCUT2D eigenvalue weighted by atomic mass is 9.37. The highest BCUT2D eigenvalue weighted by atomic mass is 33.1. The van der Waals surface area contributed by atoms with Gasteiger partial charge in [0.05, 0.1) is 41.5 Å². The summed E-state index contributed by atoms with van der Waals surface area (Å²) in [5, 5.41) is 90.0. The molecule has 466 valence electrons. The van der Waals surface area contributed by atoms with Crippen LogP contribution in [0.25, 0.3) is 32.4 Å². The van der Waals surface area contributed by atoms with Crippen LogP contribution < -0.4 is 10.1 Å². The summed E-state index contributed by atoms with van der Waals surface area (Å²) < 4.78 is 28.5. The Morgan fingerprint density at radius 2 is 1.62 bits per heavy atom. The number of H-pyrrole nitrogens is 1. The minimum Gasteiger partial charge on any atom is -0.508 e.